The Kier molecular flexibility index (Phi) is 5.05. The van der Waals surface area contributed by atoms with Gasteiger partial charge in [-0.1, -0.05) is 56.7 Å². The quantitative estimate of drug-likeness (QED) is 0.616. The minimum atomic E-state index is 0.577. The van der Waals surface area contributed by atoms with Crippen LogP contribution in [-0.4, -0.2) is 0 Å². The van der Waals surface area contributed by atoms with Gasteiger partial charge in [-0.3, -0.25) is 0 Å². The van der Waals surface area contributed by atoms with Crippen molar-refractivity contribution in [2.24, 2.45) is 5.41 Å². The standard InChI is InChI=1S/C23H27N/c1-3-14-23(2)15-12-22(13-16-23)21-10-8-20(9-11-21)19-6-4-18(17-24)5-7-19/h4-11,22H,3,12-16H2,1-2H3/t22-,23+. The third-order valence-corrected chi connectivity index (χ3v) is 5.78. The van der Waals surface area contributed by atoms with Crippen molar-refractivity contribution in [3.8, 4) is 17.2 Å². The summed E-state index contributed by atoms with van der Waals surface area (Å²) in [5.74, 6) is 0.727. The maximum absolute atomic E-state index is 8.90. The summed E-state index contributed by atoms with van der Waals surface area (Å²) >= 11 is 0. The van der Waals surface area contributed by atoms with E-state index in [0.717, 1.165) is 5.92 Å². The normalized spacial score (nSPS) is 23.6. The number of nitriles is 1. The second kappa shape index (κ2) is 7.22. The molecule has 1 nitrogen and oxygen atoms in total. The summed E-state index contributed by atoms with van der Waals surface area (Å²) in [6, 6.07) is 19.1. The molecule has 0 bridgehead atoms. The molecule has 3 rings (SSSR count). The zero-order chi connectivity index (χ0) is 17.0. The highest BCUT2D eigenvalue weighted by Gasteiger charge is 2.30. The largest absolute Gasteiger partial charge is 0.192 e. The van der Waals surface area contributed by atoms with Gasteiger partial charge in [0.2, 0.25) is 0 Å². The van der Waals surface area contributed by atoms with Gasteiger partial charge in [0.1, 0.15) is 0 Å². The highest BCUT2D eigenvalue weighted by atomic mass is 14.4. The molecule has 2 aromatic rings. The van der Waals surface area contributed by atoms with Gasteiger partial charge in [0, 0.05) is 0 Å². The zero-order valence-electron chi connectivity index (χ0n) is 14.9. The van der Waals surface area contributed by atoms with Crippen LogP contribution >= 0.6 is 0 Å². The lowest BCUT2D eigenvalue weighted by atomic mass is 9.68. The van der Waals surface area contributed by atoms with Gasteiger partial charge in [0.05, 0.1) is 11.6 Å². The van der Waals surface area contributed by atoms with Gasteiger partial charge in [-0.2, -0.15) is 5.26 Å². The number of benzene rings is 2. The maximum Gasteiger partial charge on any atom is 0.0991 e. The maximum atomic E-state index is 8.90. The minimum absolute atomic E-state index is 0.577. The Labute approximate surface area is 146 Å². The molecule has 1 saturated carbocycles. The molecule has 1 fully saturated rings. The monoisotopic (exact) mass is 317 g/mol. The Morgan fingerprint density at radius 3 is 2.00 bits per heavy atom. The van der Waals surface area contributed by atoms with Gasteiger partial charge < -0.3 is 0 Å². The van der Waals surface area contributed by atoms with Gasteiger partial charge in [-0.25, -0.2) is 0 Å². The second-order valence-corrected chi connectivity index (χ2v) is 7.65. The van der Waals surface area contributed by atoms with E-state index in [2.05, 4.69) is 44.2 Å². The van der Waals surface area contributed by atoms with E-state index in [0.29, 0.717) is 11.0 Å². The molecule has 0 unspecified atom stereocenters. The van der Waals surface area contributed by atoms with Crippen molar-refractivity contribution in [1.82, 2.24) is 0 Å². The summed E-state index contributed by atoms with van der Waals surface area (Å²) in [6.45, 7) is 4.78. The first-order chi connectivity index (χ1) is 11.6. The van der Waals surface area contributed by atoms with E-state index in [9.17, 15) is 0 Å². The highest BCUT2D eigenvalue weighted by molar-refractivity contribution is 5.64. The van der Waals surface area contributed by atoms with E-state index in [4.69, 9.17) is 5.26 Å². The van der Waals surface area contributed by atoms with Crippen LogP contribution in [0.15, 0.2) is 48.5 Å². The molecule has 0 N–H and O–H groups in total. The van der Waals surface area contributed by atoms with Gasteiger partial charge in [0.25, 0.3) is 0 Å². The van der Waals surface area contributed by atoms with Crippen LogP contribution in [0.1, 0.15) is 69.4 Å². The molecule has 2 aromatic carbocycles. The Hall–Kier alpha value is -2.07. The molecule has 1 aliphatic carbocycles. The number of nitrogens with zero attached hydrogens (tertiary/aromatic N) is 1. The SMILES string of the molecule is CCC[C@]1(C)CC[C@H](c2ccc(-c3ccc(C#N)cc3)cc2)CC1. The molecule has 0 heterocycles. The topological polar surface area (TPSA) is 23.8 Å². The first kappa shape index (κ1) is 16.8. The molecule has 0 aliphatic heterocycles. The van der Waals surface area contributed by atoms with Crippen molar-refractivity contribution >= 4 is 0 Å². The summed E-state index contributed by atoms with van der Waals surface area (Å²) in [5.41, 5.74) is 5.20. The lowest BCUT2D eigenvalue weighted by molar-refractivity contribution is 0.182. The van der Waals surface area contributed by atoms with E-state index < -0.39 is 0 Å². The Bertz CT molecular complexity index is 695. The average molecular weight is 317 g/mol. The Morgan fingerprint density at radius 1 is 0.958 bits per heavy atom. The molecule has 1 heteroatoms. The fourth-order valence-corrected chi connectivity index (χ4v) is 4.19. The average Bonchev–Trinajstić information content (AvgIpc) is 2.63. The van der Waals surface area contributed by atoms with Crippen LogP contribution in [0.2, 0.25) is 0 Å². The smallest absolute Gasteiger partial charge is 0.0991 e. The molecule has 0 aromatic heterocycles. The van der Waals surface area contributed by atoms with Crippen LogP contribution in [0, 0.1) is 16.7 Å². The molecule has 0 amide bonds. The van der Waals surface area contributed by atoms with Crippen molar-refractivity contribution in [1.29, 1.82) is 5.26 Å². The van der Waals surface area contributed by atoms with Crippen LogP contribution in [0.25, 0.3) is 11.1 Å². The second-order valence-electron chi connectivity index (χ2n) is 7.65. The summed E-state index contributed by atoms with van der Waals surface area (Å²) in [4.78, 5) is 0. The van der Waals surface area contributed by atoms with Crippen molar-refractivity contribution in [2.45, 2.75) is 58.3 Å². The minimum Gasteiger partial charge on any atom is -0.192 e. The molecule has 0 radical (unpaired) electrons. The van der Waals surface area contributed by atoms with Gasteiger partial charge in [-0.05, 0) is 72.3 Å². The lowest BCUT2D eigenvalue weighted by Gasteiger charge is -2.37. The molecule has 0 spiro atoms. The van der Waals surface area contributed by atoms with E-state index in [1.165, 1.54) is 55.2 Å². The predicted octanol–water partition coefficient (Wildman–Crippen LogP) is 6.69. The summed E-state index contributed by atoms with van der Waals surface area (Å²) in [5, 5.41) is 8.90. The van der Waals surface area contributed by atoms with E-state index in [-0.39, 0.29) is 0 Å². The van der Waals surface area contributed by atoms with Crippen LogP contribution in [-0.2, 0) is 0 Å². The number of hydrogen-bond acceptors (Lipinski definition) is 1. The number of hydrogen-bond donors (Lipinski definition) is 0. The van der Waals surface area contributed by atoms with Gasteiger partial charge >= 0.3 is 0 Å². The first-order valence-corrected chi connectivity index (χ1v) is 9.24. The summed E-state index contributed by atoms with van der Waals surface area (Å²) < 4.78 is 0. The zero-order valence-corrected chi connectivity index (χ0v) is 14.9. The van der Waals surface area contributed by atoms with Gasteiger partial charge in [-0.15, -0.1) is 0 Å². The fraction of sp³-hybridized carbons (Fsp3) is 0.435. The van der Waals surface area contributed by atoms with E-state index in [1.807, 2.05) is 24.3 Å². The first-order valence-electron chi connectivity index (χ1n) is 9.24. The molecular formula is C23H27N. The summed E-state index contributed by atoms with van der Waals surface area (Å²) in [7, 11) is 0. The van der Waals surface area contributed by atoms with Crippen molar-refractivity contribution < 1.29 is 0 Å². The molecule has 24 heavy (non-hydrogen) atoms. The molecular weight excluding hydrogens is 290 g/mol. The van der Waals surface area contributed by atoms with Crippen LogP contribution in [0.4, 0.5) is 0 Å². The fourth-order valence-electron chi connectivity index (χ4n) is 4.19. The third kappa shape index (κ3) is 3.70. The third-order valence-electron chi connectivity index (χ3n) is 5.78. The summed E-state index contributed by atoms with van der Waals surface area (Å²) in [6.07, 6.45) is 8.06. The van der Waals surface area contributed by atoms with Gasteiger partial charge in [0.15, 0.2) is 0 Å². The van der Waals surface area contributed by atoms with Crippen LogP contribution in [0.3, 0.4) is 0 Å². The predicted molar refractivity (Wildman–Crippen MR) is 101 cm³/mol. The van der Waals surface area contributed by atoms with E-state index >= 15 is 0 Å². The Balaban J connectivity index is 1.68. The van der Waals surface area contributed by atoms with Crippen LogP contribution < -0.4 is 0 Å². The lowest BCUT2D eigenvalue weighted by Crippen LogP contribution is -2.23. The molecule has 1 aliphatic rings. The van der Waals surface area contributed by atoms with Crippen molar-refractivity contribution in [3.63, 3.8) is 0 Å². The van der Waals surface area contributed by atoms with Crippen molar-refractivity contribution in [2.75, 3.05) is 0 Å². The highest BCUT2D eigenvalue weighted by Crippen LogP contribution is 2.45. The molecule has 0 atom stereocenters. The van der Waals surface area contributed by atoms with Crippen molar-refractivity contribution in [3.05, 3.63) is 59.7 Å². The number of rotatable bonds is 4. The van der Waals surface area contributed by atoms with E-state index in [1.54, 1.807) is 0 Å². The molecule has 124 valence electrons. The van der Waals surface area contributed by atoms with Crippen LogP contribution in [0.5, 0.6) is 0 Å². The molecule has 0 saturated heterocycles. The Morgan fingerprint density at radius 2 is 1.50 bits per heavy atom.